The summed E-state index contributed by atoms with van der Waals surface area (Å²) in [5.41, 5.74) is -0.0496. The van der Waals surface area contributed by atoms with Gasteiger partial charge in [0.05, 0.1) is 15.5 Å². The number of pyridine rings is 1. The molecule has 1 atom stereocenters. The minimum absolute atomic E-state index is 0.0496. The third-order valence-electron chi connectivity index (χ3n) is 2.13. The number of nitro groups is 1. The van der Waals surface area contributed by atoms with Crippen LogP contribution >= 0.6 is 15.9 Å². The predicted octanol–water partition coefficient (Wildman–Crippen LogP) is 2.33. The molecule has 94 valence electrons. The van der Waals surface area contributed by atoms with E-state index in [0.717, 1.165) is 6.42 Å². The first-order valence-corrected chi connectivity index (χ1v) is 6.02. The number of rotatable bonds is 6. The maximum Gasteiger partial charge on any atom is 0.288 e. The van der Waals surface area contributed by atoms with Gasteiger partial charge in [-0.15, -0.1) is 0 Å². The number of halogens is 1. The van der Waals surface area contributed by atoms with Crippen LogP contribution in [0.1, 0.15) is 19.8 Å². The van der Waals surface area contributed by atoms with Gasteiger partial charge in [-0.05, 0) is 35.7 Å². The van der Waals surface area contributed by atoms with E-state index in [-0.39, 0.29) is 11.8 Å². The predicted molar refractivity (Wildman–Crippen MR) is 68.0 cm³/mol. The van der Waals surface area contributed by atoms with E-state index < -0.39 is 4.92 Å². The van der Waals surface area contributed by atoms with Crippen molar-refractivity contribution >= 4 is 27.4 Å². The quantitative estimate of drug-likeness (QED) is 0.478. The molecule has 1 unspecified atom stereocenters. The SMILES string of the molecule is CC(O)CCCNc1ncc([N+](=O)[O-])cc1Br. The van der Waals surface area contributed by atoms with E-state index in [2.05, 4.69) is 26.2 Å². The van der Waals surface area contributed by atoms with Crippen LogP contribution in [0.2, 0.25) is 0 Å². The summed E-state index contributed by atoms with van der Waals surface area (Å²) in [7, 11) is 0. The van der Waals surface area contributed by atoms with Crippen molar-refractivity contribution < 1.29 is 10.0 Å². The number of aromatic nitrogens is 1. The van der Waals surface area contributed by atoms with E-state index in [1.807, 2.05) is 0 Å². The Balaban J connectivity index is 2.52. The zero-order valence-corrected chi connectivity index (χ0v) is 11.0. The standard InChI is InChI=1S/C10H14BrN3O3/c1-7(15)3-2-4-12-10-9(11)5-8(6-13-10)14(16)17/h5-7,15H,2-4H2,1H3,(H,12,13). The van der Waals surface area contributed by atoms with Crippen molar-refractivity contribution in [3.8, 4) is 0 Å². The summed E-state index contributed by atoms with van der Waals surface area (Å²) in [5.74, 6) is 0.571. The number of hydrogen-bond acceptors (Lipinski definition) is 5. The maximum absolute atomic E-state index is 10.5. The van der Waals surface area contributed by atoms with E-state index in [4.69, 9.17) is 5.11 Å². The third-order valence-corrected chi connectivity index (χ3v) is 2.73. The van der Waals surface area contributed by atoms with Gasteiger partial charge in [0.25, 0.3) is 5.69 Å². The first-order chi connectivity index (χ1) is 8.00. The molecule has 2 N–H and O–H groups in total. The molecule has 0 saturated heterocycles. The fraction of sp³-hybridized carbons (Fsp3) is 0.500. The van der Waals surface area contributed by atoms with Crippen molar-refractivity contribution in [3.05, 3.63) is 26.9 Å². The highest BCUT2D eigenvalue weighted by Crippen LogP contribution is 2.24. The van der Waals surface area contributed by atoms with E-state index in [1.54, 1.807) is 6.92 Å². The molecule has 0 aromatic carbocycles. The average Bonchev–Trinajstić information content (AvgIpc) is 2.25. The van der Waals surface area contributed by atoms with E-state index >= 15 is 0 Å². The molecule has 1 aromatic rings. The molecule has 0 radical (unpaired) electrons. The average molecular weight is 304 g/mol. The summed E-state index contributed by atoms with van der Waals surface area (Å²) >= 11 is 3.22. The summed E-state index contributed by atoms with van der Waals surface area (Å²) in [5, 5.41) is 22.6. The monoisotopic (exact) mass is 303 g/mol. The number of nitrogens with one attached hydrogen (secondary N) is 1. The topological polar surface area (TPSA) is 88.3 Å². The van der Waals surface area contributed by atoms with Gasteiger partial charge >= 0.3 is 0 Å². The molecule has 0 amide bonds. The van der Waals surface area contributed by atoms with Crippen LogP contribution in [0.3, 0.4) is 0 Å². The van der Waals surface area contributed by atoms with Crippen molar-refractivity contribution in [3.63, 3.8) is 0 Å². The molecule has 0 saturated carbocycles. The molecular formula is C10H14BrN3O3. The Morgan fingerprint density at radius 1 is 1.71 bits per heavy atom. The Bertz CT molecular complexity index is 398. The van der Waals surface area contributed by atoms with Crippen molar-refractivity contribution in [1.82, 2.24) is 4.98 Å². The van der Waals surface area contributed by atoms with Gasteiger partial charge in [-0.1, -0.05) is 0 Å². The van der Waals surface area contributed by atoms with Gasteiger partial charge < -0.3 is 10.4 Å². The minimum atomic E-state index is -0.491. The van der Waals surface area contributed by atoms with Gasteiger partial charge in [-0.3, -0.25) is 10.1 Å². The van der Waals surface area contributed by atoms with Crippen LogP contribution in [0.15, 0.2) is 16.7 Å². The van der Waals surface area contributed by atoms with Gasteiger partial charge in [0, 0.05) is 12.6 Å². The first kappa shape index (κ1) is 13.9. The highest BCUT2D eigenvalue weighted by atomic mass is 79.9. The van der Waals surface area contributed by atoms with Crippen LogP contribution in [-0.2, 0) is 0 Å². The smallest absolute Gasteiger partial charge is 0.288 e. The second-order valence-electron chi connectivity index (χ2n) is 3.70. The number of aliphatic hydroxyl groups excluding tert-OH is 1. The Morgan fingerprint density at radius 3 is 2.94 bits per heavy atom. The largest absolute Gasteiger partial charge is 0.393 e. The molecule has 0 spiro atoms. The molecule has 1 rings (SSSR count). The van der Waals surface area contributed by atoms with E-state index in [9.17, 15) is 10.1 Å². The fourth-order valence-corrected chi connectivity index (χ4v) is 1.74. The van der Waals surface area contributed by atoms with Gasteiger partial charge in [-0.25, -0.2) is 4.98 Å². The van der Waals surface area contributed by atoms with Gasteiger partial charge in [-0.2, -0.15) is 0 Å². The number of nitrogens with zero attached hydrogens (tertiary/aromatic N) is 2. The Hall–Kier alpha value is -1.21. The molecule has 1 heterocycles. The Labute approximate surface area is 107 Å². The molecule has 0 aliphatic carbocycles. The minimum Gasteiger partial charge on any atom is -0.393 e. The molecule has 0 aliphatic rings. The lowest BCUT2D eigenvalue weighted by Gasteiger charge is -2.08. The van der Waals surface area contributed by atoms with E-state index in [1.165, 1.54) is 12.3 Å². The van der Waals surface area contributed by atoms with Crippen LogP contribution in [-0.4, -0.2) is 27.7 Å². The normalized spacial score (nSPS) is 12.2. The summed E-state index contributed by atoms with van der Waals surface area (Å²) in [6.45, 7) is 2.40. The Morgan fingerprint density at radius 2 is 2.41 bits per heavy atom. The molecule has 0 aliphatic heterocycles. The number of hydrogen-bond donors (Lipinski definition) is 2. The molecule has 17 heavy (non-hydrogen) atoms. The van der Waals surface area contributed by atoms with Gasteiger partial charge in [0.1, 0.15) is 12.0 Å². The molecule has 6 nitrogen and oxygen atoms in total. The second-order valence-corrected chi connectivity index (χ2v) is 4.55. The molecule has 0 bridgehead atoms. The number of anilines is 1. The lowest BCUT2D eigenvalue weighted by molar-refractivity contribution is -0.385. The highest BCUT2D eigenvalue weighted by molar-refractivity contribution is 9.10. The maximum atomic E-state index is 10.5. The lowest BCUT2D eigenvalue weighted by atomic mass is 10.2. The van der Waals surface area contributed by atoms with Crippen LogP contribution in [0.4, 0.5) is 11.5 Å². The first-order valence-electron chi connectivity index (χ1n) is 5.22. The van der Waals surface area contributed by atoms with Crippen molar-refractivity contribution in [2.45, 2.75) is 25.9 Å². The van der Waals surface area contributed by atoms with Crippen LogP contribution in [0, 0.1) is 10.1 Å². The molecule has 1 aromatic heterocycles. The lowest BCUT2D eigenvalue weighted by Crippen LogP contribution is -2.08. The number of aliphatic hydroxyl groups is 1. The highest BCUT2D eigenvalue weighted by Gasteiger charge is 2.09. The molecule has 0 fully saturated rings. The summed E-state index contributed by atoms with van der Waals surface area (Å²) < 4.78 is 0.559. The zero-order valence-electron chi connectivity index (χ0n) is 9.39. The third kappa shape index (κ3) is 4.66. The van der Waals surface area contributed by atoms with Crippen LogP contribution in [0.5, 0.6) is 0 Å². The molecular weight excluding hydrogens is 290 g/mol. The van der Waals surface area contributed by atoms with Crippen molar-refractivity contribution in [2.75, 3.05) is 11.9 Å². The summed E-state index contributed by atoms with van der Waals surface area (Å²) in [6, 6.07) is 1.41. The van der Waals surface area contributed by atoms with Crippen molar-refractivity contribution in [1.29, 1.82) is 0 Å². The van der Waals surface area contributed by atoms with Crippen LogP contribution < -0.4 is 5.32 Å². The zero-order chi connectivity index (χ0) is 12.8. The Kier molecular flexibility index (Phi) is 5.30. The van der Waals surface area contributed by atoms with E-state index in [0.29, 0.717) is 23.3 Å². The second kappa shape index (κ2) is 6.51. The van der Waals surface area contributed by atoms with Gasteiger partial charge in [0.15, 0.2) is 0 Å². The summed E-state index contributed by atoms with van der Waals surface area (Å²) in [6.07, 6.45) is 2.41. The summed E-state index contributed by atoms with van der Waals surface area (Å²) in [4.78, 5) is 14.0. The van der Waals surface area contributed by atoms with Crippen molar-refractivity contribution in [2.24, 2.45) is 0 Å². The molecule has 7 heteroatoms. The fourth-order valence-electron chi connectivity index (χ4n) is 1.26. The van der Waals surface area contributed by atoms with Gasteiger partial charge in [0.2, 0.25) is 0 Å². The van der Waals surface area contributed by atoms with Crippen LogP contribution in [0.25, 0.3) is 0 Å².